The Labute approximate surface area is 307 Å². The maximum absolute atomic E-state index is 9.44. The Bertz CT molecular complexity index is 643. The molecule has 12 heteroatoms. The summed E-state index contributed by atoms with van der Waals surface area (Å²) >= 11 is 0. The third kappa shape index (κ3) is 172. The molecule has 0 fully saturated rings. The van der Waals surface area contributed by atoms with E-state index in [1.807, 2.05) is 81.4 Å². The molecule has 0 amide bonds. The Balaban J connectivity index is -0.0000000431. The zero-order valence-electron chi connectivity index (χ0n) is 28.9. The van der Waals surface area contributed by atoms with E-state index in [1.54, 1.807) is 33.6 Å². The summed E-state index contributed by atoms with van der Waals surface area (Å²) in [5.74, 6) is 0.500. The molecule has 0 radical (unpaired) electrons. The van der Waals surface area contributed by atoms with Crippen LogP contribution >= 0.6 is 0 Å². The molecule has 0 saturated carbocycles. The Kier molecular flexibility index (Phi) is 103. The molecule has 252 valence electrons. The predicted molar refractivity (Wildman–Crippen MR) is 179 cm³/mol. The van der Waals surface area contributed by atoms with Gasteiger partial charge >= 0.3 is 0 Å². The van der Waals surface area contributed by atoms with Gasteiger partial charge in [-0.2, -0.15) is 40.8 Å². The predicted octanol–water partition coefficient (Wildman–Crippen LogP) is 7.43. The standard InChI is InChI=1S/C5H7N.2C4H5N.3C3H8N.3C3H6O.3W/c1-6-4-2-3-5-6;2*1-2-4-5-3-1;3*1-3-4-2;3*1-3(2)4;;;/h2-5H,1H3;1,3-4H,2H2;1-3H,4H2;3*3H2,1-2H3;3*1-2H3;;;/q;;;3*-1;;;;;;. The first-order valence-corrected chi connectivity index (χ1v) is 13.3. The van der Waals surface area contributed by atoms with Gasteiger partial charge in [-0.15, -0.1) is 0 Å². The third-order valence-electron chi connectivity index (χ3n) is 2.78. The van der Waals surface area contributed by atoms with Crippen LogP contribution in [0.2, 0.25) is 0 Å². The number of Topliss-reactive ketones (excluding diaryl/α,β-unsaturated/α-hetero) is 3. The molecule has 0 atom stereocenters. The number of hydrogen-bond acceptors (Lipinski definition) is 5. The molecule has 0 aliphatic carbocycles. The SMILES string of the molecule is C1=CCN=C1.C1=CN=CC1.CC(C)=O.CC(C)=O.CC(C)=O.CC[N-]C.CC[N-]C.CC[N-]C.Cn1cccc1.[W].[W].[W]. The molecule has 43 heavy (non-hydrogen) atoms. The quantitative estimate of drug-likeness (QED) is 0.313. The number of nitrogens with zero attached hydrogens (tertiary/aromatic N) is 6. The minimum atomic E-state index is 0. The van der Waals surface area contributed by atoms with Crippen LogP contribution in [0.3, 0.4) is 0 Å². The first-order chi connectivity index (χ1) is 18.8. The third-order valence-corrected chi connectivity index (χ3v) is 2.78. The van der Waals surface area contributed by atoms with Crippen molar-refractivity contribution in [1.29, 1.82) is 0 Å². The van der Waals surface area contributed by atoms with E-state index in [-0.39, 0.29) is 80.5 Å². The molecule has 0 bridgehead atoms. The van der Waals surface area contributed by atoms with E-state index in [9.17, 15) is 14.4 Å². The van der Waals surface area contributed by atoms with E-state index in [4.69, 9.17) is 0 Å². The number of hydrogen-bond donors (Lipinski definition) is 0. The number of carbonyl (C=O) groups is 3. The van der Waals surface area contributed by atoms with Crippen LogP contribution in [0.25, 0.3) is 16.0 Å². The van der Waals surface area contributed by atoms with Gasteiger partial charge in [0, 0.05) is 108 Å². The first kappa shape index (κ1) is 64.9. The van der Waals surface area contributed by atoms with Gasteiger partial charge in [-0.3, -0.25) is 9.98 Å². The fourth-order valence-corrected chi connectivity index (χ4v) is 1.03. The smallest absolute Gasteiger partial charge is 0.126 e. The second-order valence-electron chi connectivity index (χ2n) is 7.87. The Hall–Kier alpha value is -0.945. The molecule has 0 spiro atoms. The summed E-state index contributed by atoms with van der Waals surface area (Å²) in [5, 5.41) is 11.2. The van der Waals surface area contributed by atoms with Gasteiger partial charge in [0.2, 0.25) is 0 Å². The van der Waals surface area contributed by atoms with Crippen molar-refractivity contribution < 1.29 is 77.6 Å². The largest absolute Gasteiger partial charge is 0.665 e. The van der Waals surface area contributed by atoms with Gasteiger partial charge in [-0.05, 0) is 59.8 Å². The van der Waals surface area contributed by atoms with Crippen molar-refractivity contribution in [3.63, 3.8) is 0 Å². The summed E-state index contributed by atoms with van der Waals surface area (Å²) in [6.45, 7) is 18.9. The van der Waals surface area contributed by atoms with Crippen LogP contribution in [-0.2, 0) is 84.6 Å². The van der Waals surface area contributed by atoms with Gasteiger partial charge in [-0.1, -0.05) is 32.9 Å². The molecule has 1 aromatic heterocycles. The van der Waals surface area contributed by atoms with Crippen LogP contribution in [0.15, 0.2) is 58.9 Å². The minimum Gasteiger partial charge on any atom is -0.665 e. The van der Waals surface area contributed by atoms with E-state index in [1.165, 1.54) is 41.5 Å². The number of allylic oxidation sites excluding steroid dienone is 2. The normalized spacial score (nSPS) is 9.23. The Morgan fingerprint density at radius 2 is 1.02 bits per heavy atom. The van der Waals surface area contributed by atoms with Crippen molar-refractivity contribution >= 4 is 29.8 Å². The van der Waals surface area contributed by atoms with Gasteiger partial charge in [0.15, 0.2) is 0 Å². The number of aliphatic imine (C=N–C) groups is 2. The van der Waals surface area contributed by atoms with E-state index >= 15 is 0 Å². The van der Waals surface area contributed by atoms with Gasteiger partial charge < -0.3 is 34.9 Å². The second kappa shape index (κ2) is 68.3. The van der Waals surface area contributed by atoms with Crippen molar-refractivity contribution in [2.45, 2.75) is 68.7 Å². The zero-order chi connectivity index (χ0) is 32.5. The van der Waals surface area contributed by atoms with Crippen LogP contribution in [0.5, 0.6) is 0 Å². The molecule has 9 nitrogen and oxygen atoms in total. The van der Waals surface area contributed by atoms with Crippen molar-refractivity contribution in [1.82, 2.24) is 4.57 Å². The molecule has 3 rings (SSSR count). The fraction of sp³-hybridized carbons (Fsp3) is 0.581. The summed E-state index contributed by atoms with van der Waals surface area (Å²) in [7, 11) is 7.42. The fourth-order valence-electron chi connectivity index (χ4n) is 1.03. The van der Waals surface area contributed by atoms with E-state index in [0.29, 0.717) is 0 Å². The Morgan fingerprint density at radius 3 is 1.09 bits per heavy atom. The van der Waals surface area contributed by atoms with Crippen LogP contribution in [0, 0.1) is 0 Å². The number of ketones is 3. The minimum absolute atomic E-state index is 0. The summed E-state index contributed by atoms with van der Waals surface area (Å²) < 4.78 is 2.00. The summed E-state index contributed by atoms with van der Waals surface area (Å²) in [4.78, 5) is 36.0. The molecule has 3 heterocycles. The van der Waals surface area contributed by atoms with Crippen LogP contribution in [0.4, 0.5) is 0 Å². The van der Waals surface area contributed by atoms with Crippen molar-refractivity contribution in [2.75, 3.05) is 47.3 Å². The van der Waals surface area contributed by atoms with Crippen LogP contribution in [-0.4, -0.2) is 81.7 Å². The van der Waals surface area contributed by atoms with Crippen molar-refractivity contribution in [3.8, 4) is 0 Å². The molecule has 2 aliphatic rings. The maximum atomic E-state index is 9.44. The molecule has 0 aromatic carbocycles. The summed E-state index contributed by atoms with van der Waals surface area (Å²) in [6.07, 6.45) is 16.5. The van der Waals surface area contributed by atoms with E-state index < -0.39 is 0 Å². The summed E-state index contributed by atoms with van der Waals surface area (Å²) in [5.41, 5.74) is 0. The first-order valence-electron chi connectivity index (χ1n) is 13.3. The second-order valence-corrected chi connectivity index (χ2v) is 7.87. The van der Waals surface area contributed by atoms with Crippen molar-refractivity contribution in [2.24, 2.45) is 17.0 Å². The van der Waals surface area contributed by atoms with Crippen molar-refractivity contribution in [3.05, 3.63) is 64.9 Å². The van der Waals surface area contributed by atoms with Gasteiger partial charge in [0.25, 0.3) is 0 Å². The van der Waals surface area contributed by atoms with Gasteiger partial charge in [0.1, 0.15) is 17.3 Å². The monoisotopic (exact) mass is 1120 g/mol. The molecule has 0 N–H and O–H groups in total. The van der Waals surface area contributed by atoms with E-state index in [2.05, 4.69) is 25.9 Å². The average Bonchev–Trinajstić information content (AvgIpc) is 3.69. The van der Waals surface area contributed by atoms with Crippen LogP contribution in [0.1, 0.15) is 68.7 Å². The topological polar surface area (TPSA) is 123 Å². The molecule has 0 saturated heterocycles. The van der Waals surface area contributed by atoms with Gasteiger partial charge in [0.05, 0.1) is 6.54 Å². The van der Waals surface area contributed by atoms with Gasteiger partial charge in [-0.25, -0.2) is 0 Å². The number of carbonyl (C=O) groups excluding carboxylic acids is 3. The number of aromatic nitrogens is 1. The van der Waals surface area contributed by atoms with Crippen LogP contribution < -0.4 is 0 Å². The zero-order valence-corrected chi connectivity index (χ0v) is 37.7. The molecular formula is C31H59N6O3W3-3. The molecule has 2 aliphatic heterocycles. The molecule has 1 aromatic rings. The number of rotatable bonds is 3. The Morgan fingerprint density at radius 1 is 0.698 bits per heavy atom. The molecular weight excluding hydrogens is 1060 g/mol. The average molecular weight is 1120 g/mol. The maximum Gasteiger partial charge on any atom is 0.126 e. The molecule has 0 unspecified atom stereocenters. The number of aryl methyl sites for hydroxylation is 1. The van der Waals surface area contributed by atoms with E-state index in [0.717, 1.165) is 32.6 Å². The summed E-state index contributed by atoms with van der Waals surface area (Å²) in [6, 6.07) is 4.00.